The second-order valence-corrected chi connectivity index (χ2v) is 8.01. The van der Waals surface area contributed by atoms with Crippen LogP contribution < -0.4 is 5.32 Å². The fraction of sp³-hybridized carbons (Fsp3) is 0.500. The highest BCUT2D eigenvalue weighted by Gasteiger charge is 2.34. The molecule has 1 fully saturated rings. The number of carbonyl (C=O) groups excluding carboxylic acids is 2. The van der Waals surface area contributed by atoms with Gasteiger partial charge in [0, 0.05) is 24.7 Å². The van der Waals surface area contributed by atoms with Crippen LogP contribution in [-0.2, 0) is 26.0 Å². The van der Waals surface area contributed by atoms with Gasteiger partial charge < -0.3 is 10.2 Å². The quantitative estimate of drug-likeness (QED) is 0.767. The van der Waals surface area contributed by atoms with E-state index in [0.29, 0.717) is 18.5 Å². The summed E-state index contributed by atoms with van der Waals surface area (Å²) in [6, 6.07) is 5.70. The van der Waals surface area contributed by atoms with E-state index in [4.69, 9.17) is 0 Å². The van der Waals surface area contributed by atoms with Crippen molar-refractivity contribution < 1.29 is 22.4 Å². The first-order valence-corrected chi connectivity index (χ1v) is 9.64. The van der Waals surface area contributed by atoms with E-state index in [1.165, 1.54) is 11.0 Å². The van der Waals surface area contributed by atoms with Gasteiger partial charge in [0.25, 0.3) is 0 Å². The van der Waals surface area contributed by atoms with Gasteiger partial charge >= 0.3 is 0 Å². The molecule has 2 rings (SSSR count). The first-order chi connectivity index (χ1) is 11.3. The van der Waals surface area contributed by atoms with Crippen LogP contribution in [0.1, 0.15) is 25.3 Å². The third kappa shape index (κ3) is 4.77. The van der Waals surface area contributed by atoms with Gasteiger partial charge in [-0.15, -0.1) is 0 Å². The Morgan fingerprint density at radius 1 is 1.33 bits per heavy atom. The number of hydrogen-bond donors (Lipinski definition) is 1. The number of amides is 2. The Kier molecular flexibility index (Phi) is 5.93. The molecule has 132 valence electrons. The smallest absolute Gasteiger partial charge is 0.232 e. The number of rotatable bonds is 6. The first kappa shape index (κ1) is 18.4. The number of sulfone groups is 1. The average Bonchev–Trinajstić information content (AvgIpc) is 2.87. The highest BCUT2D eigenvalue weighted by atomic mass is 32.2. The summed E-state index contributed by atoms with van der Waals surface area (Å²) in [4.78, 5) is 25.6. The second-order valence-electron chi connectivity index (χ2n) is 5.78. The van der Waals surface area contributed by atoms with E-state index in [2.05, 4.69) is 5.32 Å². The van der Waals surface area contributed by atoms with Crippen molar-refractivity contribution in [2.75, 3.05) is 18.1 Å². The van der Waals surface area contributed by atoms with Crippen LogP contribution in [0.3, 0.4) is 0 Å². The lowest BCUT2D eigenvalue weighted by molar-refractivity contribution is -0.137. The minimum Gasteiger partial charge on any atom is -0.351 e. The van der Waals surface area contributed by atoms with Crippen LogP contribution in [0.4, 0.5) is 4.39 Å². The van der Waals surface area contributed by atoms with Gasteiger partial charge in [-0.25, -0.2) is 12.8 Å². The molecule has 0 aliphatic carbocycles. The number of nitrogens with zero attached hydrogens (tertiary/aromatic N) is 1. The van der Waals surface area contributed by atoms with Crippen molar-refractivity contribution in [1.82, 2.24) is 10.2 Å². The van der Waals surface area contributed by atoms with Crippen molar-refractivity contribution in [3.05, 3.63) is 35.6 Å². The first-order valence-electron chi connectivity index (χ1n) is 7.82. The summed E-state index contributed by atoms with van der Waals surface area (Å²) in [5.74, 6) is -1.33. The van der Waals surface area contributed by atoms with E-state index in [1.54, 1.807) is 25.1 Å². The molecule has 8 heteroatoms. The number of hydrogen-bond acceptors (Lipinski definition) is 4. The van der Waals surface area contributed by atoms with Crippen molar-refractivity contribution in [3.63, 3.8) is 0 Å². The SMILES string of the molecule is CCN(C(=O)CC(=O)NCc1ccccc1F)C1CCS(=O)(=O)C1. The minimum absolute atomic E-state index is 0.00270. The normalized spacial score (nSPS) is 19.0. The monoisotopic (exact) mass is 356 g/mol. The summed E-state index contributed by atoms with van der Waals surface area (Å²) < 4.78 is 36.6. The Labute approximate surface area is 140 Å². The van der Waals surface area contributed by atoms with E-state index in [1.807, 2.05) is 0 Å². The van der Waals surface area contributed by atoms with E-state index < -0.39 is 27.5 Å². The van der Waals surface area contributed by atoms with Crippen LogP contribution in [0.2, 0.25) is 0 Å². The Hall–Kier alpha value is -1.96. The molecule has 1 heterocycles. The van der Waals surface area contributed by atoms with Crippen molar-refractivity contribution in [2.45, 2.75) is 32.4 Å². The van der Waals surface area contributed by atoms with Crippen LogP contribution >= 0.6 is 0 Å². The summed E-state index contributed by atoms with van der Waals surface area (Å²) in [7, 11) is -3.10. The zero-order valence-electron chi connectivity index (χ0n) is 13.5. The van der Waals surface area contributed by atoms with E-state index in [9.17, 15) is 22.4 Å². The minimum atomic E-state index is -3.10. The van der Waals surface area contributed by atoms with Crippen molar-refractivity contribution in [3.8, 4) is 0 Å². The lowest BCUT2D eigenvalue weighted by atomic mass is 10.2. The number of nitrogens with one attached hydrogen (secondary N) is 1. The molecule has 1 unspecified atom stereocenters. The van der Waals surface area contributed by atoms with Crippen molar-refractivity contribution in [2.24, 2.45) is 0 Å². The van der Waals surface area contributed by atoms with Crippen LogP contribution in [0.15, 0.2) is 24.3 Å². The molecule has 6 nitrogen and oxygen atoms in total. The molecule has 0 bridgehead atoms. The highest BCUT2D eigenvalue weighted by Crippen LogP contribution is 2.18. The van der Waals surface area contributed by atoms with E-state index in [0.717, 1.165) is 0 Å². The molecule has 2 amide bonds. The molecule has 1 saturated heterocycles. The van der Waals surface area contributed by atoms with Gasteiger partial charge in [-0.3, -0.25) is 9.59 Å². The lowest BCUT2D eigenvalue weighted by Gasteiger charge is -2.26. The molecule has 1 atom stereocenters. The molecule has 0 radical (unpaired) electrons. The molecule has 0 saturated carbocycles. The van der Waals surface area contributed by atoms with Crippen LogP contribution in [-0.4, -0.2) is 49.2 Å². The molecule has 1 aromatic rings. The summed E-state index contributed by atoms with van der Waals surface area (Å²) in [5, 5.41) is 2.51. The van der Waals surface area contributed by atoms with Crippen LogP contribution in [0.25, 0.3) is 0 Å². The van der Waals surface area contributed by atoms with Crippen molar-refractivity contribution >= 4 is 21.7 Å². The average molecular weight is 356 g/mol. The Balaban J connectivity index is 1.88. The van der Waals surface area contributed by atoms with Gasteiger partial charge in [-0.2, -0.15) is 0 Å². The third-order valence-corrected chi connectivity index (χ3v) is 5.81. The Morgan fingerprint density at radius 3 is 2.62 bits per heavy atom. The van der Waals surface area contributed by atoms with Crippen LogP contribution in [0.5, 0.6) is 0 Å². The fourth-order valence-corrected chi connectivity index (χ4v) is 4.53. The van der Waals surface area contributed by atoms with Gasteiger partial charge in [0.1, 0.15) is 12.2 Å². The summed E-state index contributed by atoms with van der Waals surface area (Å²) >= 11 is 0. The van der Waals surface area contributed by atoms with Crippen LogP contribution in [0, 0.1) is 5.82 Å². The molecule has 1 aromatic carbocycles. The fourth-order valence-electron chi connectivity index (χ4n) is 2.80. The summed E-state index contributed by atoms with van der Waals surface area (Å²) in [6.07, 6.45) is 0.0254. The van der Waals surface area contributed by atoms with Gasteiger partial charge in [-0.1, -0.05) is 18.2 Å². The maximum atomic E-state index is 13.5. The molecule has 0 aromatic heterocycles. The third-order valence-electron chi connectivity index (χ3n) is 4.06. The molecular weight excluding hydrogens is 335 g/mol. The highest BCUT2D eigenvalue weighted by molar-refractivity contribution is 7.91. The van der Waals surface area contributed by atoms with Gasteiger partial charge in [-0.05, 0) is 19.4 Å². The standard InChI is InChI=1S/C16H21FN2O4S/c1-2-19(13-7-8-24(22,23)11-13)16(21)9-15(20)18-10-12-5-3-4-6-14(12)17/h3-6,13H,2,7-11H2,1H3,(H,18,20). The predicted octanol–water partition coefficient (Wildman–Crippen LogP) is 0.868. The van der Waals surface area contributed by atoms with E-state index in [-0.39, 0.29) is 30.5 Å². The molecular formula is C16H21FN2O4S. The van der Waals surface area contributed by atoms with E-state index >= 15 is 0 Å². The second kappa shape index (κ2) is 7.74. The summed E-state index contributed by atoms with van der Waals surface area (Å²) in [6.45, 7) is 2.10. The number of carbonyl (C=O) groups is 2. The number of halogens is 1. The molecule has 1 aliphatic heterocycles. The van der Waals surface area contributed by atoms with Gasteiger partial charge in [0.15, 0.2) is 9.84 Å². The lowest BCUT2D eigenvalue weighted by Crippen LogP contribution is -2.43. The molecule has 0 spiro atoms. The van der Waals surface area contributed by atoms with Gasteiger partial charge in [0.05, 0.1) is 11.5 Å². The summed E-state index contributed by atoms with van der Waals surface area (Å²) in [5.41, 5.74) is 0.340. The molecule has 1 aliphatic rings. The van der Waals surface area contributed by atoms with Crippen molar-refractivity contribution in [1.29, 1.82) is 0 Å². The Bertz CT molecular complexity index is 721. The molecule has 24 heavy (non-hydrogen) atoms. The zero-order valence-corrected chi connectivity index (χ0v) is 14.3. The Morgan fingerprint density at radius 2 is 2.04 bits per heavy atom. The maximum Gasteiger partial charge on any atom is 0.232 e. The largest absolute Gasteiger partial charge is 0.351 e. The zero-order chi connectivity index (χ0) is 17.7. The predicted molar refractivity (Wildman–Crippen MR) is 87.3 cm³/mol. The topological polar surface area (TPSA) is 83.6 Å². The number of benzene rings is 1. The maximum absolute atomic E-state index is 13.5. The molecule has 1 N–H and O–H groups in total. The van der Waals surface area contributed by atoms with Gasteiger partial charge in [0.2, 0.25) is 11.8 Å².